The van der Waals surface area contributed by atoms with Crippen LogP contribution < -0.4 is 5.32 Å². The van der Waals surface area contributed by atoms with E-state index in [0.29, 0.717) is 11.8 Å². The van der Waals surface area contributed by atoms with Crippen molar-refractivity contribution < 1.29 is 4.79 Å². The Morgan fingerprint density at radius 3 is 2.32 bits per heavy atom. The van der Waals surface area contributed by atoms with Crippen molar-refractivity contribution in [1.82, 2.24) is 10.2 Å². The maximum Gasteiger partial charge on any atom is 0.226 e. The van der Waals surface area contributed by atoms with E-state index >= 15 is 0 Å². The third kappa shape index (κ3) is 1.84. The minimum atomic E-state index is 0.451. The Hall–Kier alpha value is -0.570. The lowest BCUT2D eigenvalue weighted by atomic mass is 9.95. The second-order valence-corrected chi connectivity index (χ2v) is 7.34. The predicted molar refractivity (Wildman–Crippen MR) is 74.5 cm³/mol. The molecule has 0 aromatic carbocycles. The standard InChI is InChI=1S/C16H26N2O/c1-17-9-10-4-6-18(7-5-10)16(19)15-13-11-2-3-12(8-11)14(13)15/h10-15,17H,2-9H2,1H3. The van der Waals surface area contributed by atoms with Gasteiger partial charge in [-0.3, -0.25) is 4.79 Å². The molecule has 3 aliphatic carbocycles. The Morgan fingerprint density at radius 1 is 1.11 bits per heavy atom. The zero-order valence-corrected chi connectivity index (χ0v) is 12.0. The minimum absolute atomic E-state index is 0.451. The van der Waals surface area contributed by atoms with Crippen LogP contribution in [0.4, 0.5) is 0 Å². The summed E-state index contributed by atoms with van der Waals surface area (Å²) in [6.45, 7) is 3.13. The van der Waals surface area contributed by atoms with Gasteiger partial charge in [0.05, 0.1) is 0 Å². The van der Waals surface area contributed by atoms with Gasteiger partial charge < -0.3 is 10.2 Å². The van der Waals surface area contributed by atoms with E-state index in [1.807, 2.05) is 7.05 Å². The summed E-state index contributed by atoms with van der Waals surface area (Å²) < 4.78 is 0. The van der Waals surface area contributed by atoms with Crippen molar-refractivity contribution >= 4 is 5.91 Å². The number of likely N-dealkylation sites (tertiary alicyclic amines) is 1. The summed E-state index contributed by atoms with van der Waals surface area (Å²) in [6.07, 6.45) is 6.67. The number of rotatable bonds is 3. The van der Waals surface area contributed by atoms with E-state index in [4.69, 9.17) is 0 Å². The quantitative estimate of drug-likeness (QED) is 0.840. The van der Waals surface area contributed by atoms with Gasteiger partial charge in [-0.25, -0.2) is 0 Å². The maximum absolute atomic E-state index is 12.7. The van der Waals surface area contributed by atoms with Gasteiger partial charge in [0.2, 0.25) is 5.91 Å². The van der Waals surface area contributed by atoms with E-state index in [9.17, 15) is 4.79 Å². The number of nitrogens with one attached hydrogen (secondary N) is 1. The predicted octanol–water partition coefficient (Wildman–Crippen LogP) is 1.74. The van der Waals surface area contributed by atoms with Crippen LogP contribution in [0.25, 0.3) is 0 Å². The van der Waals surface area contributed by atoms with Crippen LogP contribution in [0.15, 0.2) is 0 Å². The van der Waals surface area contributed by atoms with Crippen LogP contribution in [0.1, 0.15) is 32.1 Å². The van der Waals surface area contributed by atoms with Gasteiger partial charge in [-0.2, -0.15) is 0 Å². The summed E-state index contributed by atoms with van der Waals surface area (Å²) in [6, 6.07) is 0. The molecule has 4 unspecified atom stereocenters. The van der Waals surface area contributed by atoms with Gasteiger partial charge in [-0.15, -0.1) is 0 Å². The fourth-order valence-electron chi connectivity index (χ4n) is 5.51. The first-order valence-corrected chi connectivity index (χ1v) is 8.23. The first-order valence-electron chi connectivity index (χ1n) is 8.23. The van der Waals surface area contributed by atoms with Crippen LogP contribution in [0.5, 0.6) is 0 Å². The number of fused-ring (bicyclic) bond motifs is 5. The Morgan fingerprint density at radius 2 is 1.74 bits per heavy atom. The lowest BCUT2D eigenvalue weighted by Crippen LogP contribution is -2.42. The third-order valence-corrected chi connectivity index (χ3v) is 6.44. The van der Waals surface area contributed by atoms with Crippen LogP contribution in [0.3, 0.4) is 0 Å². The number of amides is 1. The molecule has 4 atom stereocenters. The van der Waals surface area contributed by atoms with E-state index in [-0.39, 0.29) is 0 Å². The second-order valence-electron chi connectivity index (χ2n) is 7.34. The van der Waals surface area contributed by atoms with Gasteiger partial charge in [0.15, 0.2) is 0 Å². The summed E-state index contributed by atoms with van der Waals surface area (Å²) in [4.78, 5) is 14.9. The van der Waals surface area contributed by atoms with Crippen molar-refractivity contribution in [3.63, 3.8) is 0 Å². The number of carbonyl (C=O) groups is 1. The van der Waals surface area contributed by atoms with Crippen LogP contribution in [0, 0.1) is 35.5 Å². The van der Waals surface area contributed by atoms with Crippen molar-refractivity contribution in [3.05, 3.63) is 0 Å². The molecule has 2 bridgehead atoms. The molecule has 4 fully saturated rings. The molecule has 1 aliphatic heterocycles. The molecule has 4 aliphatic rings. The monoisotopic (exact) mass is 262 g/mol. The molecule has 3 nitrogen and oxygen atoms in total. The molecular weight excluding hydrogens is 236 g/mol. The molecule has 1 heterocycles. The normalized spacial score (nSPS) is 44.5. The van der Waals surface area contributed by atoms with E-state index in [2.05, 4.69) is 10.2 Å². The van der Waals surface area contributed by atoms with E-state index in [0.717, 1.165) is 49.2 Å². The van der Waals surface area contributed by atoms with Gasteiger partial charge in [0.1, 0.15) is 0 Å². The van der Waals surface area contributed by atoms with Crippen LogP contribution >= 0.6 is 0 Å². The minimum Gasteiger partial charge on any atom is -0.342 e. The Bertz CT molecular complexity index is 359. The number of piperidine rings is 1. The Kier molecular flexibility index (Phi) is 2.87. The molecular formula is C16H26N2O. The molecule has 1 saturated heterocycles. The van der Waals surface area contributed by atoms with Crippen molar-refractivity contribution in [2.24, 2.45) is 35.5 Å². The van der Waals surface area contributed by atoms with Crippen LogP contribution in [-0.4, -0.2) is 37.5 Å². The molecule has 4 rings (SSSR count). The Balaban J connectivity index is 1.34. The van der Waals surface area contributed by atoms with Gasteiger partial charge >= 0.3 is 0 Å². The van der Waals surface area contributed by atoms with E-state index in [1.165, 1.54) is 32.1 Å². The molecule has 0 radical (unpaired) electrons. The molecule has 1 amide bonds. The van der Waals surface area contributed by atoms with Gasteiger partial charge in [-0.1, -0.05) is 0 Å². The first kappa shape index (κ1) is 12.2. The van der Waals surface area contributed by atoms with Gasteiger partial charge in [-0.05, 0) is 75.3 Å². The number of hydrogen-bond acceptors (Lipinski definition) is 2. The molecule has 19 heavy (non-hydrogen) atoms. The van der Waals surface area contributed by atoms with Crippen LogP contribution in [0.2, 0.25) is 0 Å². The lowest BCUT2D eigenvalue weighted by molar-refractivity contribution is -0.135. The molecule has 0 spiro atoms. The lowest BCUT2D eigenvalue weighted by Gasteiger charge is -2.32. The number of carbonyl (C=O) groups excluding carboxylic acids is 1. The highest BCUT2D eigenvalue weighted by Gasteiger charge is 2.67. The highest BCUT2D eigenvalue weighted by molar-refractivity contribution is 5.83. The fourth-order valence-corrected chi connectivity index (χ4v) is 5.51. The van der Waals surface area contributed by atoms with E-state index in [1.54, 1.807) is 0 Å². The van der Waals surface area contributed by atoms with E-state index < -0.39 is 0 Å². The zero-order chi connectivity index (χ0) is 13.0. The largest absolute Gasteiger partial charge is 0.342 e. The summed E-state index contributed by atoms with van der Waals surface area (Å²) in [5, 5.41) is 3.27. The molecule has 106 valence electrons. The van der Waals surface area contributed by atoms with Gasteiger partial charge in [0, 0.05) is 19.0 Å². The molecule has 3 heteroatoms. The summed E-state index contributed by atoms with van der Waals surface area (Å²) in [5.74, 6) is 5.21. The van der Waals surface area contributed by atoms with Crippen LogP contribution in [-0.2, 0) is 4.79 Å². The SMILES string of the molecule is CNCC1CCN(C(=O)C2C3C4CCC(C4)C23)CC1. The first-order chi connectivity index (χ1) is 9.29. The average molecular weight is 262 g/mol. The van der Waals surface area contributed by atoms with Crippen molar-refractivity contribution in [3.8, 4) is 0 Å². The maximum atomic E-state index is 12.7. The number of hydrogen-bond donors (Lipinski definition) is 1. The summed E-state index contributed by atoms with van der Waals surface area (Å²) >= 11 is 0. The average Bonchev–Trinajstić information content (AvgIpc) is 2.87. The number of nitrogens with zero attached hydrogens (tertiary/aromatic N) is 1. The molecule has 0 aromatic heterocycles. The van der Waals surface area contributed by atoms with Gasteiger partial charge in [0.25, 0.3) is 0 Å². The smallest absolute Gasteiger partial charge is 0.226 e. The van der Waals surface area contributed by atoms with Crippen molar-refractivity contribution in [1.29, 1.82) is 0 Å². The fraction of sp³-hybridized carbons (Fsp3) is 0.938. The second kappa shape index (κ2) is 4.47. The Labute approximate surface area is 116 Å². The van der Waals surface area contributed by atoms with Crippen molar-refractivity contribution in [2.75, 3.05) is 26.7 Å². The molecule has 1 N–H and O–H groups in total. The molecule has 3 saturated carbocycles. The van der Waals surface area contributed by atoms with Crippen molar-refractivity contribution in [2.45, 2.75) is 32.1 Å². The highest BCUT2D eigenvalue weighted by atomic mass is 16.2. The topological polar surface area (TPSA) is 32.3 Å². The summed E-state index contributed by atoms with van der Waals surface area (Å²) in [5.41, 5.74) is 0. The highest BCUT2D eigenvalue weighted by Crippen LogP contribution is 2.69. The zero-order valence-electron chi connectivity index (χ0n) is 12.0. The third-order valence-electron chi connectivity index (χ3n) is 6.44. The molecule has 0 aromatic rings. The summed E-state index contributed by atoms with van der Waals surface area (Å²) in [7, 11) is 2.03.